The fourth-order valence-electron chi connectivity index (χ4n) is 2.27. The molecule has 0 saturated carbocycles. The van der Waals surface area contributed by atoms with Crippen molar-refractivity contribution < 1.29 is 14.0 Å². The van der Waals surface area contributed by atoms with E-state index in [9.17, 15) is 14.0 Å². The second-order valence-corrected chi connectivity index (χ2v) is 5.35. The second kappa shape index (κ2) is 6.52. The lowest BCUT2D eigenvalue weighted by atomic mass is 10.1. The van der Waals surface area contributed by atoms with Crippen LogP contribution in [0.1, 0.15) is 24.2 Å². The summed E-state index contributed by atoms with van der Waals surface area (Å²) in [5, 5.41) is 0. The van der Waals surface area contributed by atoms with Crippen molar-refractivity contribution in [3.63, 3.8) is 0 Å². The van der Waals surface area contributed by atoms with E-state index in [0.717, 1.165) is 5.57 Å². The molecule has 1 aromatic rings. The monoisotopic (exact) mass is 290 g/mol. The number of rotatable bonds is 2. The number of hydrogen-bond donors (Lipinski definition) is 0. The molecule has 2 amide bonds. The van der Waals surface area contributed by atoms with Crippen molar-refractivity contribution in [2.24, 2.45) is 0 Å². The van der Waals surface area contributed by atoms with Crippen molar-refractivity contribution in [2.45, 2.75) is 13.8 Å². The Bertz CT molecular complexity index is 571. The predicted octanol–water partition coefficient (Wildman–Crippen LogP) is 2.08. The van der Waals surface area contributed by atoms with Crippen molar-refractivity contribution >= 4 is 11.8 Å². The molecular weight excluding hydrogens is 271 g/mol. The molecule has 1 aromatic carbocycles. The van der Waals surface area contributed by atoms with Crippen molar-refractivity contribution in [3.05, 3.63) is 47.3 Å². The van der Waals surface area contributed by atoms with Crippen LogP contribution in [0.4, 0.5) is 4.39 Å². The molecule has 0 unspecified atom stereocenters. The van der Waals surface area contributed by atoms with E-state index in [0.29, 0.717) is 31.7 Å². The average molecular weight is 290 g/mol. The number of nitrogens with zero attached hydrogens (tertiary/aromatic N) is 2. The highest BCUT2D eigenvalue weighted by Crippen LogP contribution is 2.11. The first-order valence-corrected chi connectivity index (χ1v) is 6.96. The van der Waals surface area contributed by atoms with E-state index >= 15 is 0 Å². The quantitative estimate of drug-likeness (QED) is 0.782. The Kier molecular flexibility index (Phi) is 4.73. The molecule has 1 aliphatic rings. The zero-order valence-corrected chi connectivity index (χ0v) is 12.3. The molecule has 2 rings (SSSR count). The first kappa shape index (κ1) is 15.2. The van der Waals surface area contributed by atoms with Crippen LogP contribution < -0.4 is 0 Å². The van der Waals surface area contributed by atoms with Crippen LogP contribution in [-0.4, -0.2) is 47.8 Å². The summed E-state index contributed by atoms with van der Waals surface area (Å²) in [5.74, 6) is -0.630. The largest absolute Gasteiger partial charge is 0.336 e. The van der Waals surface area contributed by atoms with Gasteiger partial charge in [-0.1, -0.05) is 11.6 Å². The van der Waals surface area contributed by atoms with E-state index in [2.05, 4.69) is 0 Å². The van der Waals surface area contributed by atoms with Gasteiger partial charge < -0.3 is 9.80 Å². The van der Waals surface area contributed by atoms with Crippen LogP contribution in [0, 0.1) is 5.82 Å². The molecule has 1 saturated heterocycles. The van der Waals surface area contributed by atoms with E-state index in [1.807, 2.05) is 13.8 Å². The molecular formula is C16H19FN2O2. The fraction of sp³-hybridized carbons (Fsp3) is 0.375. The first-order valence-electron chi connectivity index (χ1n) is 6.96. The minimum Gasteiger partial charge on any atom is -0.336 e. The number of allylic oxidation sites excluding steroid dienone is 1. The van der Waals surface area contributed by atoms with Gasteiger partial charge in [-0.15, -0.1) is 0 Å². The zero-order valence-electron chi connectivity index (χ0n) is 12.3. The van der Waals surface area contributed by atoms with Crippen molar-refractivity contribution in [3.8, 4) is 0 Å². The minimum atomic E-state index is -0.418. The van der Waals surface area contributed by atoms with Gasteiger partial charge in [-0.3, -0.25) is 9.59 Å². The molecule has 0 bridgehead atoms. The Balaban J connectivity index is 1.96. The summed E-state index contributed by atoms with van der Waals surface area (Å²) < 4.78 is 13.2. The van der Waals surface area contributed by atoms with Crippen molar-refractivity contribution in [2.75, 3.05) is 26.2 Å². The number of hydrogen-bond acceptors (Lipinski definition) is 2. The van der Waals surface area contributed by atoms with Gasteiger partial charge in [0.1, 0.15) is 5.82 Å². The van der Waals surface area contributed by atoms with Gasteiger partial charge in [0.2, 0.25) is 5.91 Å². The molecule has 0 atom stereocenters. The van der Waals surface area contributed by atoms with Crippen molar-refractivity contribution in [1.82, 2.24) is 9.80 Å². The first-order chi connectivity index (χ1) is 9.97. The maximum absolute atomic E-state index is 13.2. The summed E-state index contributed by atoms with van der Waals surface area (Å²) in [5.41, 5.74) is 1.30. The molecule has 0 aliphatic carbocycles. The van der Waals surface area contributed by atoms with Crippen LogP contribution in [-0.2, 0) is 4.79 Å². The number of piperazine rings is 1. The molecule has 112 valence electrons. The molecule has 21 heavy (non-hydrogen) atoms. The second-order valence-electron chi connectivity index (χ2n) is 5.35. The number of amides is 2. The Morgan fingerprint density at radius 3 is 2.29 bits per heavy atom. The number of halogens is 1. The molecule has 0 spiro atoms. The molecule has 5 heteroatoms. The van der Waals surface area contributed by atoms with Gasteiger partial charge in [0, 0.05) is 37.8 Å². The normalized spacial score (nSPS) is 14.8. The average Bonchev–Trinajstić information content (AvgIpc) is 2.46. The molecule has 1 fully saturated rings. The number of carbonyl (C=O) groups is 2. The van der Waals surface area contributed by atoms with E-state index in [1.165, 1.54) is 18.2 Å². The topological polar surface area (TPSA) is 40.6 Å². The van der Waals surface area contributed by atoms with Crippen LogP contribution in [0.15, 0.2) is 35.9 Å². The van der Waals surface area contributed by atoms with Gasteiger partial charge in [0.15, 0.2) is 0 Å². The third-order valence-corrected chi connectivity index (χ3v) is 3.36. The number of carbonyl (C=O) groups excluding carboxylic acids is 2. The van der Waals surface area contributed by atoms with Crippen LogP contribution in [0.3, 0.4) is 0 Å². The van der Waals surface area contributed by atoms with E-state index in [-0.39, 0.29) is 11.8 Å². The third-order valence-electron chi connectivity index (χ3n) is 3.36. The maximum Gasteiger partial charge on any atom is 0.254 e. The smallest absolute Gasteiger partial charge is 0.254 e. The third kappa shape index (κ3) is 3.90. The van der Waals surface area contributed by atoms with Crippen LogP contribution in [0.2, 0.25) is 0 Å². The van der Waals surface area contributed by atoms with Gasteiger partial charge in [-0.2, -0.15) is 0 Å². The highest BCUT2D eigenvalue weighted by Gasteiger charge is 2.24. The molecule has 4 nitrogen and oxygen atoms in total. The Labute approximate surface area is 123 Å². The van der Waals surface area contributed by atoms with Gasteiger partial charge in [0.25, 0.3) is 5.91 Å². The van der Waals surface area contributed by atoms with Crippen LogP contribution in [0.5, 0.6) is 0 Å². The lowest BCUT2D eigenvalue weighted by Crippen LogP contribution is -2.50. The lowest BCUT2D eigenvalue weighted by molar-refractivity contribution is -0.127. The predicted molar refractivity (Wildman–Crippen MR) is 78.3 cm³/mol. The lowest BCUT2D eigenvalue weighted by Gasteiger charge is -2.34. The van der Waals surface area contributed by atoms with Gasteiger partial charge in [-0.05, 0) is 32.0 Å². The highest BCUT2D eigenvalue weighted by atomic mass is 19.1. The van der Waals surface area contributed by atoms with Gasteiger partial charge in [-0.25, -0.2) is 4.39 Å². The molecule has 0 radical (unpaired) electrons. The zero-order chi connectivity index (χ0) is 15.4. The molecule has 1 aliphatic heterocycles. The standard InChI is InChI=1S/C16H19FN2O2/c1-12(2)10-15(20)18-6-8-19(9-7-18)16(21)13-4-3-5-14(17)11-13/h3-5,10-11H,6-9H2,1-2H3. The fourth-order valence-corrected chi connectivity index (χ4v) is 2.27. The van der Waals surface area contributed by atoms with Crippen LogP contribution >= 0.6 is 0 Å². The maximum atomic E-state index is 13.2. The molecule has 0 aromatic heterocycles. The summed E-state index contributed by atoms with van der Waals surface area (Å²) in [6.45, 7) is 5.70. The summed E-state index contributed by atoms with van der Waals surface area (Å²) >= 11 is 0. The number of benzene rings is 1. The highest BCUT2D eigenvalue weighted by molar-refractivity contribution is 5.94. The Morgan fingerprint density at radius 1 is 1.10 bits per heavy atom. The molecule has 1 heterocycles. The van der Waals surface area contributed by atoms with E-state index in [1.54, 1.807) is 21.9 Å². The van der Waals surface area contributed by atoms with Crippen molar-refractivity contribution in [1.29, 1.82) is 0 Å². The summed E-state index contributed by atoms with van der Waals surface area (Å²) in [6, 6.07) is 5.68. The minimum absolute atomic E-state index is 0.0205. The SMILES string of the molecule is CC(C)=CC(=O)N1CCN(C(=O)c2cccc(F)c2)CC1. The van der Waals surface area contributed by atoms with Gasteiger partial charge in [0.05, 0.1) is 0 Å². The molecule has 0 N–H and O–H groups in total. The Morgan fingerprint density at radius 2 is 1.71 bits per heavy atom. The van der Waals surface area contributed by atoms with Crippen LogP contribution in [0.25, 0.3) is 0 Å². The van der Waals surface area contributed by atoms with Gasteiger partial charge >= 0.3 is 0 Å². The summed E-state index contributed by atoms with van der Waals surface area (Å²) in [6.07, 6.45) is 1.60. The Hall–Kier alpha value is -2.17. The summed E-state index contributed by atoms with van der Waals surface area (Å²) in [7, 11) is 0. The summed E-state index contributed by atoms with van der Waals surface area (Å²) in [4.78, 5) is 27.5. The van der Waals surface area contributed by atoms with E-state index in [4.69, 9.17) is 0 Å². The van der Waals surface area contributed by atoms with E-state index < -0.39 is 5.82 Å².